The molecule has 0 aliphatic carbocycles. The molecule has 116 valence electrons. The summed E-state index contributed by atoms with van der Waals surface area (Å²) in [6, 6.07) is 6.77. The third-order valence-corrected chi connectivity index (χ3v) is 4.39. The molecule has 1 N–H and O–H groups in total. The average Bonchev–Trinajstić information content (AvgIpc) is 2.39. The van der Waals surface area contributed by atoms with Gasteiger partial charge >= 0.3 is 0 Å². The summed E-state index contributed by atoms with van der Waals surface area (Å²) in [6.07, 6.45) is 0.959. The quantitative estimate of drug-likeness (QED) is 0.818. The van der Waals surface area contributed by atoms with Gasteiger partial charge in [0, 0.05) is 10.7 Å². The van der Waals surface area contributed by atoms with E-state index in [1.54, 1.807) is 0 Å². The second-order valence-corrected chi connectivity index (χ2v) is 7.42. The van der Waals surface area contributed by atoms with Gasteiger partial charge in [-0.25, -0.2) is 17.2 Å². The zero-order chi connectivity index (χ0) is 16.5. The summed E-state index contributed by atoms with van der Waals surface area (Å²) in [5.41, 5.74) is -0.623. The molecule has 0 atom stereocenters. The Balaban J connectivity index is 2.36. The highest BCUT2D eigenvalue weighted by Crippen LogP contribution is 2.21. The van der Waals surface area contributed by atoms with Crippen LogP contribution in [-0.4, -0.2) is 20.6 Å². The van der Waals surface area contributed by atoms with E-state index >= 15 is 0 Å². The lowest BCUT2D eigenvalue weighted by molar-refractivity contribution is 0.102. The molecule has 0 aliphatic rings. The molecule has 0 saturated carbocycles. The summed E-state index contributed by atoms with van der Waals surface area (Å²) >= 11 is 3.06. The molecule has 0 radical (unpaired) electrons. The van der Waals surface area contributed by atoms with Crippen LogP contribution in [0.3, 0.4) is 0 Å². The van der Waals surface area contributed by atoms with Crippen molar-refractivity contribution >= 4 is 37.4 Å². The Labute approximate surface area is 134 Å². The summed E-state index contributed by atoms with van der Waals surface area (Å²) < 4.78 is 50.7. The molecule has 1 amide bonds. The zero-order valence-corrected chi connectivity index (χ0v) is 13.6. The van der Waals surface area contributed by atoms with Crippen LogP contribution in [0.1, 0.15) is 10.4 Å². The van der Waals surface area contributed by atoms with Crippen molar-refractivity contribution < 1.29 is 22.0 Å². The predicted molar refractivity (Wildman–Crippen MR) is 81.6 cm³/mol. The van der Waals surface area contributed by atoms with Gasteiger partial charge in [0.2, 0.25) is 0 Å². The first kappa shape index (κ1) is 16.6. The molecule has 4 nitrogen and oxygen atoms in total. The van der Waals surface area contributed by atoms with Gasteiger partial charge in [0.15, 0.2) is 9.84 Å². The molecule has 0 unspecified atom stereocenters. The van der Waals surface area contributed by atoms with Gasteiger partial charge < -0.3 is 5.32 Å². The number of carbonyl (C=O) groups is 1. The van der Waals surface area contributed by atoms with Crippen molar-refractivity contribution in [3.63, 3.8) is 0 Å². The normalized spacial score (nSPS) is 11.3. The van der Waals surface area contributed by atoms with Crippen LogP contribution in [0.25, 0.3) is 0 Å². The highest BCUT2D eigenvalue weighted by molar-refractivity contribution is 9.10. The second kappa shape index (κ2) is 6.13. The van der Waals surface area contributed by atoms with E-state index in [1.807, 2.05) is 0 Å². The minimum absolute atomic E-state index is 0.152. The number of amides is 1. The van der Waals surface area contributed by atoms with Crippen LogP contribution in [0.15, 0.2) is 45.8 Å². The molecule has 0 fully saturated rings. The number of carbonyl (C=O) groups excluding carboxylic acids is 1. The maximum atomic E-state index is 13.7. The van der Waals surface area contributed by atoms with Crippen molar-refractivity contribution in [1.82, 2.24) is 0 Å². The average molecular weight is 390 g/mol. The first-order chi connectivity index (χ1) is 10.2. The molecular formula is C14H10BrF2NO3S. The Morgan fingerprint density at radius 3 is 2.36 bits per heavy atom. The van der Waals surface area contributed by atoms with Crippen LogP contribution in [0.2, 0.25) is 0 Å². The van der Waals surface area contributed by atoms with E-state index in [4.69, 9.17) is 0 Å². The standard InChI is InChI=1S/C14H10BrF2NO3S/c1-22(20,21)9-3-5-11(16)13(7-9)18-14(19)10-4-2-8(15)6-12(10)17/h2-7H,1H3,(H,18,19). The Kier molecular flexibility index (Phi) is 4.62. The minimum atomic E-state index is -3.55. The molecule has 0 aromatic heterocycles. The van der Waals surface area contributed by atoms with Crippen molar-refractivity contribution in [2.45, 2.75) is 4.90 Å². The molecule has 2 aromatic carbocycles. The Hall–Kier alpha value is -1.80. The topological polar surface area (TPSA) is 63.2 Å². The van der Waals surface area contributed by atoms with Gasteiger partial charge in [-0.05, 0) is 36.4 Å². The number of nitrogens with one attached hydrogen (secondary N) is 1. The number of hydrogen-bond donors (Lipinski definition) is 1. The molecule has 8 heteroatoms. The van der Waals surface area contributed by atoms with Crippen LogP contribution < -0.4 is 5.32 Å². The summed E-state index contributed by atoms with van der Waals surface area (Å²) in [5.74, 6) is -2.49. The van der Waals surface area contributed by atoms with Gasteiger partial charge in [0.1, 0.15) is 11.6 Å². The van der Waals surface area contributed by atoms with Gasteiger partial charge in [-0.15, -0.1) is 0 Å². The lowest BCUT2D eigenvalue weighted by Crippen LogP contribution is -2.15. The number of sulfone groups is 1. The van der Waals surface area contributed by atoms with Gasteiger partial charge in [-0.2, -0.15) is 0 Å². The molecule has 2 aromatic rings. The lowest BCUT2D eigenvalue weighted by Gasteiger charge is -2.09. The molecule has 0 heterocycles. The summed E-state index contributed by atoms with van der Waals surface area (Å²) in [5, 5.41) is 2.17. The number of anilines is 1. The highest BCUT2D eigenvalue weighted by Gasteiger charge is 2.16. The molecule has 0 spiro atoms. The SMILES string of the molecule is CS(=O)(=O)c1ccc(F)c(NC(=O)c2ccc(Br)cc2F)c1. The fourth-order valence-electron chi connectivity index (χ4n) is 1.69. The molecule has 22 heavy (non-hydrogen) atoms. The van der Waals surface area contributed by atoms with Gasteiger partial charge in [-0.1, -0.05) is 15.9 Å². The smallest absolute Gasteiger partial charge is 0.258 e. The van der Waals surface area contributed by atoms with Crippen LogP contribution >= 0.6 is 15.9 Å². The van der Waals surface area contributed by atoms with Crippen molar-refractivity contribution in [2.75, 3.05) is 11.6 Å². The third-order valence-electron chi connectivity index (χ3n) is 2.79. The predicted octanol–water partition coefficient (Wildman–Crippen LogP) is 3.38. The fourth-order valence-corrected chi connectivity index (χ4v) is 2.67. The lowest BCUT2D eigenvalue weighted by atomic mass is 10.2. The molecule has 0 bridgehead atoms. The van der Waals surface area contributed by atoms with E-state index in [2.05, 4.69) is 21.2 Å². The minimum Gasteiger partial charge on any atom is -0.319 e. The number of benzene rings is 2. The third kappa shape index (κ3) is 3.69. The van der Waals surface area contributed by atoms with Crippen molar-refractivity contribution in [3.8, 4) is 0 Å². The number of halogens is 3. The Bertz CT molecular complexity index is 853. The maximum absolute atomic E-state index is 13.7. The van der Waals surface area contributed by atoms with Crippen molar-refractivity contribution in [3.05, 3.63) is 58.1 Å². The molecule has 0 saturated heterocycles. The largest absolute Gasteiger partial charge is 0.319 e. The van der Waals surface area contributed by atoms with Crippen molar-refractivity contribution in [1.29, 1.82) is 0 Å². The van der Waals surface area contributed by atoms with E-state index in [0.717, 1.165) is 30.5 Å². The molecule has 2 rings (SSSR count). The molecular weight excluding hydrogens is 380 g/mol. The summed E-state index contributed by atoms with van der Waals surface area (Å²) in [7, 11) is -3.55. The van der Waals surface area contributed by atoms with E-state index < -0.39 is 27.4 Å². The van der Waals surface area contributed by atoms with E-state index in [0.29, 0.717) is 4.47 Å². The van der Waals surface area contributed by atoms with Crippen LogP contribution in [0.4, 0.5) is 14.5 Å². The summed E-state index contributed by atoms with van der Waals surface area (Å²) in [4.78, 5) is 11.8. The van der Waals surface area contributed by atoms with E-state index in [9.17, 15) is 22.0 Å². The van der Waals surface area contributed by atoms with Crippen molar-refractivity contribution in [2.24, 2.45) is 0 Å². The number of rotatable bonds is 3. The van der Waals surface area contributed by atoms with Crippen LogP contribution in [0, 0.1) is 11.6 Å². The van der Waals surface area contributed by atoms with E-state index in [-0.39, 0.29) is 16.1 Å². The Morgan fingerprint density at radius 1 is 1.09 bits per heavy atom. The zero-order valence-electron chi connectivity index (χ0n) is 11.2. The summed E-state index contributed by atoms with van der Waals surface area (Å²) in [6.45, 7) is 0. The van der Waals surface area contributed by atoms with Gasteiger partial charge in [-0.3, -0.25) is 4.79 Å². The Morgan fingerprint density at radius 2 is 1.77 bits per heavy atom. The van der Waals surface area contributed by atoms with Crippen LogP contribution in [-0.2, 0) is 9.84 Å². The number of hydrogen-bond acceptors (Lipinski definition) is 3. The second-order valence-electron chi connectivity index (χ2n) is 4.49. The molecule has 0 aliphatic heterocycles. The maximum Gasteiger partial charge on any atom is 0.258 e. The highest BCUT2D eigenvalue weighted by atomic mass is 79.9. The monoisotopic (exact) mass is 389 g/mol. The van der Waals surface area contributed by atoms with Crippen LogP contribution in [0.5, 0.6) is 0 Å². The van der Waals surface area contributed by atoms with E-state index in [1.165, 1.54) is 12.1 Å². The first-order valence-electron chi connectivity index (χ1n) is 5.94. The van der Waals surface area contributed by atoms with Gasteiger partial charge in [0.05, 0.1) is 16.1 Å². The van der Waals surface area contributed by atoms with Gasteiger partial charge in [0.25, 0.3) is 5.91 Å². The first-order valence-corrected chi connectivity index (χ1v) is 8.63. The fraction of sp³-hybridized carbons (Fsp3) is 0.0714.